The quantitative estimate of drug-likeness (QED) is 0.318. The fourth-order valence-electron chi connectivity index (χ4n) is 3.51. The molecule has 1 fully saturated rings. The molecule has 1 saturated heterocycles. The molecule has 2 N–H and O–H groups in total. The number of ketones is 1. The summed E-state index contributed by atoms with van der Waals surface area (Å²) >= 11 is 4.18. The predicted molar refractivity (Wildman–Crippen MR) is 125 cm³/mol. The minimum absolute atomic E-state index is 0.0193. The number of ether oxygens (including phenoxy) is 1. The second-order valence-electron chi connectivity index (χ2n) is 7.69. The van der Waals surface area contributed by atoms with E-state index in [2.05, 4.69) is 33.1 Å². The summed E-state index contributed by atoms with van der Waals surface area (Å²) in [6.07, 6.45) is 0.196. The zero-order chi connectivity index (χ0) is 24.1. The molecule has 4 rings (SSSR count). The van der Waals surface area contributed by atoms with E-state index in [9.17, 15) is 18.8 Å². The van der Waals surface area contributed by atoms with Gasteiger partial charge in [-0.1, -0.05) is 24.3 Å². The lowest BCUT2D eigenvalue weighted by Crippen LogP contribution is -2.34. The third-order valence-electron chi connectivity index (χ3n) is 5.36. The van der Waals surface area contributed by atoms with E-state index < -0.39 is 18.0 Å². The average molecular weight is 484 g/mol. The molecule has 3 aromatic rings. The number of amides is 2. The summed E-state index contributed by atoms with van der Waals surface area (Å²) in [5.41, 5.74) is 2.07. The van der Waals surface area contributed by atoms with Crippen molar-refractivity contribution in [2.75, 3.05) is 18.0 Å². The number of H-pyrrole nitrogens is 1. The molecule has 1 aliphatic heterocycles. The first-order valence-electron chi connectivity index (χ1n) is 10.6. The van der Waals surface area contributed by atoms with Gasteiger partial charge < -0.3 is 10.1 Å². The number of hydrogen-bond donors (Lipinski definition) is 3. The van der Waals surface area contributed by atoms with Crippen molar-refractivity contribution in [3.63, 3.8) is 0 Å². The molecule has 2 aromatic carbocycles. The van der Waals surface area contributed by atoms with Crippen molar-refractivity contribution in [3.8, 4) is 11.4 Å². The fourth-order valence-corrected chi connectivity index (χ4v) is 3.72. The summed E-state index contributed by atoms with van der Waals surface area (Å²) in [4.78, 5) is 41.9. The lowest BCUT2D eigenvalue weighted by atomic mass is 10.0. The van der Waals surface area contributed by atoms with Gasteiger partial charge in [0.05, 0.1) is 24.3 Å². The van der Waals surface area contributed by atoms with Crippen molar-refractivity contribution in [2.24, 2.45) is 0 Å². The Labute approximate surface area is 200 Å². The van der Waals surface area contributed by atoms with Gasteiger partial charge in [0.25, 0.3) is 0 Å². The SMILES string of the molecule is O=C(CCC(=O)c1ccc(CS)cc1)NCC1CN(c2ccc(-c3nc[nH]n3)c(F)c2)C(=O)O1. The highest BCUT2D eigenvalue weighted by Gasteiger charge is 2.33. The number of benzene rings is 2. The first-order chi connectivity index (χ1) is 16.4. The van der Waals surface area contributed by atoms with Crippen molar-refractivity contribution < 1.29 is 23.5 Å². The van der Waals surface area contributed by atoms with Crippen LogP contribution in [0.2, 0.25) is 0 Å². The molecular weight excluding hydrogens is 461 g/mol. The number of hydrogen-bond acceptors (Lipinski definition) is 7. The third kappa shape index (κ3) is 5.42. The first-order valence-corrected chi connectivity index (χ1v) is 11.2. The predicted octanol–water partition coefficient (Wildman–Crippen LogP) is 3.15. The Balaban J connectivity index is 1.26. The number of nitrogens with zero attached hydrogens (tertiary/aromatic N) is 3. The van der Waals surface area contributed by atoms with Gasteiger partial charge in [0, 0.05) is 24.2 Å². The largest absolute Gasteiger partial charge is 0.442 e. The summed E-state index contributed by atoms with van der Waals surface area (Å²) in [6, 6.07) is 11.4. The van der Waals surface area contributed by atoms with Gasteiger partial charge in [-0.25, -0.2) is 14.2 Å². The molecule has 0 bridgehead atoms. The lowest BCUT2D eigenvalue weighted by Gasteiger charge is -2.14. The number of thiol groups is 1. The fraction of sp³-hybridized carbons (Fsp3) is 0.261. The Morgan fingerprint density at radius 1 is 1.21 bits per heavy atom. The van der Waals surface area contributed by atoms with Crippen LogP contribution in [0.15, 0.2) is 48.8 Å². The van der Waals surface area contributed by atoms with Gasteiger partial charge >= 0.3 is 6.09 Å². The molecule has 0 radical (unpaired) electrons. The highest BCUT2D eigenvalue weighted by Crippen LogP contribution is 2.27. The monoisotopic (exact) mass is 483 g/mol. The van der Waals surface area contributed by atoms with E-state index in [4.69, 9.17) is 4.74 Å². The number of Topliss-reactive ketones (excluding diaryl/α,β-unsaturated/α-hetero) is 1. The standard InChI is InChI=1S/C23H22FN5O4S/c24-19-9-16(5-6-18(19)22-26-13-27-28-22)29-11-17(33-23(29)32)10-25-21(31)8-7-20(30)15-3-1-14(12-34)2-4-15/h1-6,9,13,17,34H,7-8,10-12H2,(H,25,31)(H,26,27,28). The summed E-state index contributed by atoms with van der Waals surface area (Å²) in [5.74, 6) is -0.233. The lowest BCUT2D eigenvalue weighted by molar-refractivity contribution is -0.121. The van der Waals surface area contributed by atoms with Crippen LogP contribution in [0.4, 0.5) is 14.9 Å². The highest BCUT2D eigenvalue weighted by molar-refractivity contribution is 7.79. The molecule has 2 amide bonds. The topological polar surface area (TPSA) is 117 Å². The summed E-state index contributed by atoms with van der Waals surface area (Å²) in [7, 11) is 0. The minimum atomic E-state index is -0.635. The van der Waals surface area contributed by atoms with Crippen LogP contribution in [-0.4, -0.2) is 52.2 Å². The average Bonchev–Trinajstić information content (AvgIpc) is 3.51. The van der Waals surface area contributed by atoms with Gasteiger partial charge in [-0.15, -0.1) is 0 Å². The number of cyclic esters (lactones) is 1. The van der Waals surface area contributed by atoms with Gasteiger partial charge in [-0.2, -0.15) is 17.7 Å². The number of aromatic amines is 1. The third-order valence-corrected chi connectivity index (χ3v) is 5.72. The van der Waals surface area contributed by atoms with Crippen molar-refractivity contribution in [3.05, 3.63) is 65.7 Å². The molecule has 0 saturated carbocycles. The molecule has 34 heavy (non-hydrogen) atoms. The summed E-state index contributed by atoms with van der Waals surface area (Å²) in [6.45, 7) is 0.235. The Hall–Kier alpha value is -3.73. The van der Waals surface area contributed by atoms with Crippen molar-refractivity contribution in [1.82, 2.24) is 20.5 Å². The van der Waals surface area contributed by atoms with E-state index in [1.54, 1.807) is 18.2 Å². The van der Waals surface area contributed by atoms with Crippen LogP contribution in [0.25, 0.3) is 11.4 Å². The molecule has 0 aliphatic carbocycles. The Morgan fingerprint density at radius 3 is 2.68 bits per heavy atom. The molecule has 176 valence electrons. The number of aromatic nitrogens is 3. The van der Waals surface area contributed by atoms with E-state index in [1.807, 2.05) is 12.1 Å². The molecular formula is C23H22FN5O4S. The molecule has 1 aliphatic rings. The van der Waals surface area contributed by atoms with Crippen LogP contribution < -0.4 is 10.2 Å². The molecule has 1 atom stereocenters. The Kier molecular flexibility index (Phi) is 7.21. The maximum Gasteiger partial charge on any atom is 0.414 e. The van der Waals surface area contributed by atoms with Crippen molar-refractivity contribution in [1.29, 1.82) is 0 Å². The zero-order valence-electron chi connectivity index (χ0n) is 18.0. The number of nitrogens with one attached hydrogen (secondary N) is 2. The molecule has 1 aromatic heterocycles. The van der Waals surface area contributed by atoms with Crippen LogP contribution >= 0.6 is 12.6 Å². The van der Waals surface area contributed by atoms with Crippen LogP contribution in [-0.2, 0) is 15.3 Å². The number of anilines is 1. The van der Waals surface area contributed by atoms with Crippen LogP contribution in [0.5, 0.6) is 0 Å². The van der Waals surface area contributed by atoms with E-state index in [-0.39, 0.29) is 49.0 Å². The van der Waals surface area contributed by atoms with E-state index in [0.717, 1.165) is 5.56 Å². The highest BCUT2D eigenvalue weighted by atomic mass is 32.1. The molecule has 0 spiro atoms. The van der Waals surface area contributed by atoms with Crippen LogP contribution in [0.1, 0.15) is 28.8 Å². The van der Waals surface area contributed by atoms with E-state index in [1.165, 1.54) is 23.4 Å². The van der Waals surface area contributed by atoms with Crippen LogP contribution in [0, 0.1) is 5.82 Å². The second kappa shape index (κ2) is 10.5. The normalized spacial score (nSPS) is 15.3. The maximum atomic E-state index is 14.5. The first kappa shape index (κ1) is 23.4. The number of carbonyl (C=O) groups excluding carboxylic acids is 3. The van der Waals surface area contributed by atoms with Gasteiger partial charge in [-0.05, 0) is 23.8 Å². The molecule has 9 nitrogen and oxygen atoms in total. The Bertz CT molecular complexity index is 1190. The summed E-state index contributed by atoms with van der Waals surface area (Å²) < 4.78 is 19.8. The van der Waals surface area contributed by atoms with Gasteiger partial charge in [0.15, 0.2) is 11.6 Å². The molecule has 2 heterocycles. The number of carbonyl (C=O) groups is 3. The van der Waals surface area contributed by atoms with E-state index >= 15 is 0 Å². The van der Waals surface area contributed by atoms with Crippen molar-refractivity contribution >= 4 is 36.1 Å². The second-order valence-corrected chi connectivity index (χ2v) is 8.00. The van der Waals surface area contributed by atoms with E-state index in [0.29, 0.717) is 17.0 Å². The maximum absolute atomic E-state index is 14.5. The summed E-state index contributed by atoms with van der Waals surface area (Å²) in [5, 5.41) is 9.05. The number of rotatable bonds is 9. The zero-order valence-corrected chi connectivity index (χ0v) is 18.9. The van der Waals surface area contributed by atoms with Gasteiger partial charge in [0.1, 0.15) is 18.2 Å². The van der Waals surface area contributed by atoms with Gasteiger partial charge in [-0.3, -0.25) is 19.6 Å². The Morgan fingerprint density at radius 2 is 2.00 bits per heavy atom. The number of halogens is 1. The smallest absolute Gasteiger partial charge is 0.414 e. The van der Waals surface area contributed by atoms with Crippen LogP contribution in [0.3, 0.4) is 0 Å². The van der Waals surface area contributed by atoms with Gasteiger partial charge in [0.2, 0.25) is 5.91 Å². The van der Waals surface area contributed by atoms with Crippen molar-refractivity contribution in [2.45, 2.75) is 24.7 Å². The molecule has 1 unspecified atom stereocenters. The molecule has 11 heteroatoms. The minimum Gasteiger partial charge on any atom is -0.442 e.